The first kappa shape index (κ1) is 24.8. The Labute approximate surface area is 155 Å². The lowest BCUT2D eigenvalue weighted by atomic mass is 10.1. The van der Waals surface area contributed by atoms with Crippen molar-refractivity contribution in [1.29, 1.82) is 0 Å². The first-order valence-electron chi connectivity index (χ1n) is 10.4. The quantitative estimate of drug-likeness (QED) is 0.291. The number of nitrogens with zero attached hydrogens (tertiary/aromatic N) is 1. The van der Waals surface area contributed by atoms with Gasteiger partial charge in [-0.2, -0.15) is 0 Å². The Balaban J connectivity index is 3.39. The van der Waals surface area contributed by atoms with Crippen molar-refractivity contribution in [3.05, 3.63) is 0 Å². The van der Waals surface area contributed by atoms with E-state index in [4.69, 9.17) is 14.9 Å². The second-order valence-electron chi connectivity index (χ2n) is 7.01. The van der Waals surface area contributed by atoms with Gasteiger partial charge in [0, 0.05) is 32.8 Å². The van der Waals surface area contributed by atoms with Gasteiger partial charge in [0.25, 0.3) is 0 Å². The lowest BCUT2D eigenvalue weighted by Gasteiger charge is -2.23. The largest absolute Gasteiger partial charge is 0.396 e. The van der Waals surface area contributed by atoms with Gasteiger partial charge in [-0.05, 0) is 12.8 Å². The topological polar surface area (TPSA) is 73.2 Å². The number of ether oxygens (including phenoxy) is 1. The normalized spacial score (nSPS) is 12.8. The molecule has 0 aliphatic heterocycles. The van der Waals surface area contributed by atoms with Crippen molar-refractivity contribution < 1.29 is 20.1 Å². The molecule has 5 heteroatoms. The number of hydrogen-bond donors (Lipinski definition) is 3. The van der Waals surface area contributed by atoms with Crippen LogP contribution >= 0.6 is 0 Å². The summed E-state index contributed by atoms with van der Waals surface area (Å²) in [5, 5.41) is 27.9. The third-order valence-corrected chi connectivity index (χ3v) is 4.47. The summed E-state index contributed by atoms with van der Waals surface area (Å²) in [4.78, 5) is 1.96. The number of aliphatic hydroxyl groups excluding tert-OH is 3. The second-order valence-corrected chi connectivity index (χ2v) is 7.01. The van der Waals surface area contributed by atoms with E-state index in [1.165, 1.54) is 57.8 Å². The number of unbranched alkanes of at least 4 members (excludes halogenated alkanes) is 9. The molecule has 0 aliphatic rings. The van der Waals surface area contributed by atoms with Crippen LogP contribution in [0.3, 0.4) is 0 Å². The zero-order valence-electron chi connectivity index (χ0n) is 16.5. The van der Waals surface area contributed by atoms with E-state index in [-0.39, 0.29) is 13.2 Å². The molecule has 0 bridgehead atoms. The molecule has 1 atom stereocenters. The third kappa shape index (κ3) is 18.4. The van der Waals surface area contributed by atoms with Crippen LogP contribution in [0.4, 0.5) is 0 Å². The average Bonchev–Trinajstić information content (AvgIpc) is 2.60. The van der Waals surface area contributed by atoms with Gasteiger partial charge < -0.3 is 20.1 Å². The molecule has 0 aromatic heterocycles. The van der Waals surface area contributed by atoms with Crippen LogP contribution < -0.4 is 0 Å². The maximum atomic E-state index is 10.00. The Bertz CT molecular complexity index is 254. The lowest BCUT2D eigenvalue weighted by Crippen LogP contribution is -2.37. The van der Waals surface area contributed by atoms with Crippen molar-refractivity contribution in [2.75, 3.05) is 46.1 Å². The van der Waals surface area contributed by atoms with Crippen LogP contribution in [0, 0.1) is 0 Å². The fourth-order valence-electron chi connectivity index (χ4n) is 2.99. The minimum Gasteiger partial charge on any atom is -0.396 e. The molecule has 0 saturated heterocycles. The van der Waals surface area contributed by atoms with Crippen molar-refractivity contribution in [3.63, 3.8) is 0 Å². The summed E-state index contributed by atoms with van der Waals surface area (Å²) in [5.41, 5.74) is 0. The standard InChI is InChI=1S/C20H43NO4/c1-2-3-4-5-6-7-8-9-10-11-17-25-19-20(24)18-21(14-16-23)13-12-15-22/h20,22-24H,2-19H2,1H3. The zero-order valence-corrected chi connectivity index (χ0v) is 16.5. The summed E-state index contributed by atoms with van der Waals surface area (Å²) in [7, 11) is 0. The minimum atomic E-state index is -0.534. The van der Waals surface area contributed by atoms with Crippen molar-refractivity contribution in [2.45, 2.75) is 83.7 Å². The van der Waals surface area contributed by atoms with Gasteiger partial charge in [0.15, 0.2) is 0 Å². The molecule has 0 aliphatic carbocycles. The molecule has 5 nitrogen and oxygen atoms in total. The van der Waals surface area contributed by atoms with Crippen molar-refractivity contribution in [2.24, 2.45) is 0 Å². The predicted molar refractivity (Wildman–Crippen MR) is 104 cm³/mol. The molecule has 0 aromatic carbocycles. The van der Waals surface area contributed by atoms with Crippen LogP contribution in [0.5, 0.6) is 0 Å². The number of rotatable bonds is 20. The Morgan fingerprint density at radius 1 is 0.760 bits per heavy atom. The van der Waals surface area contributed by atoms with Crippen LogP contribution in [0.1, 0.15) is 77.6 Å². The van der Waals surface area contributed by atoms with E-state index in [9.17, 15) is 5.11 Å². The minimum absolute atomic E-state index is 0.0671. The number of aliphatic hydroxyl groups is 3. The molecule has 0 fully saturated rings. The van der Waals surface area contributed by atoms with E-state index >= 15 is 0 Å². The highest BCUT2D eigenvalue weighted by Gasteiger charge is 2.11. The Morgan fingerprint density at radius 2 is 1.36 bits per heavy atom. The van der Waals surface area contributed by atoms with Crippen LogP contribution in [0.25, 0.3) is 0 Å². The fraction of sp³-hybridized carbons (Fsp3) is 1.00. The Kier molecular flexibility index (Phi) is 20.0. The van der Waals surface area contributed by atoms with E-state index in [1.807, 2.05) is 4.90 Å². The lowest BCUT2D eigenvalue weighted by molar-refractivity contribution is 0.0121. The predicted octanol–water partition coefficient (Wildman–Crippen LogP) is 2.96. The van der Waals surface area contributed by atoms with Gasteiger partial charge >= 0.3 is 0 Å². The second kappa shape index (κ2) is 20.1. The summed E-state index contributed by atoms with van der Waals surface area (Å²) in [6.07, 6.45) is 13.2. The van der Waals surface area contributed by atoms with E-state index in [0.29, 0.717) is 39.3 Å². The molecule has 0 aromatic rings. The van der Waals surface area contributed by atoms with Gasteiger partial charge in [-0.15, -0.1) is 0 Å². The zero-order chi connectivity index (χ0) is 18.6. The highest BCUT2D eigenvalue weighted by atomic mass is 16.5. The summed E-state index contributed by atoms with van der Waals surface area (Å²) in [6, 6.07) is 0. The molecular formula is C20H43NO4. The average molecular weight is 362 g/mol. The smallest absolute Gasteiger partial charge is 0.0900 e. The summed E-state index contributed by atoms with van der Waals surface area (Å²) in [6.45, 7) is 5.21. The fourth-order valence-corrected chi connectivity index (χ4v) is 2.99. The van der Waals surface area contributed by atoms with Crippen molar-refractivity contribution in [3.8, 4) is 0 Å². The molecular weight excluding hydrogens is 318 g/mol. The van der Waals surface area contributed by atoms with Gasteiger partial charge in [-0.3, -0.25) is 4.90 Å². The van der Waals surface area contributed by atoms with Gasteiger partial charge in [-0.1, -0.05) is 64.7 Å². The maximum absolute atomic E-state index is 10.00. The maximum Gasteiger partial charge on any atom is 0.0900 e. The summed E-state index contributed by atoms with van der Waals surface area (Å²) >= 11 is 0. The molecule has 152 valence electrons. The molecule has 1 unspecified atom stereocenters. The molecule has 0 spiro atoms. The molecule has 0 amide bonds. The SMILES string of the molecule is CCCCCCCCCCCCOCC(O)CN(CCO)CCCO. The van der Waals surface area contributed by atoms with E-state index in [0.717, 1.165) is 6.42 Å². The molecule has 25 heavy (non-hydrogen) atoms. The van der Waals surface area contributed by atoms with Crippen LogP contribution in [-0.2, 0) is 4.74 Å². The molecule has 0 radical (unpaired) electrons. The monoisotopic (exact) mass is 361 g/mol. The summed E-state index contributed by atoms with van der Waals surface area (Å²) < 4.78 is 5.56. The van der Waals surface area contributed by atoms with Crippen LogP contribution in [0.15, 0.2) is 0 Å². The summed E-state index contributed by atoms with van der Waals surface area (Å²) in [5.74, 6) is 0. The highest BCUT2D eigenvalue weighted by molar-refractivity contribution is 4.64. The molecule has 0 rings (SSSR count). The van der Waals surface area contributed by atoms with Gasteiger partial charge in [-0.25, -0.2) is 0 Å². The Morgan fingerprint density at radius 3 is 1.92 bits per heavy atom. The third-order valence-electron chi connectivity index (χ3n) is 4.47. The van der Waals surface area contributed by atoms with Crippen LogP contribution in [-0.4, -0.2) is 72.4 Å². The first-order valence-corrected chi connectivity index (χ1v) is 10.4. The first-order chi connectivity index (χ1) is 12.2. The van der Waals surface area contributed by atoms with Crippen molar-refractivity contribution in [1.82, 2.24) is 4.90 Å². The van der Waals surface area contributed by atoms with Crippen molar-refractivity contribution >= 4 is 0 Å². The Hall–Kier alpha value is -0.200. The molecule has 0 heterocycles. The van der Waals surface area contributed by atoms with Gasteiger partial charge in [0.05, 0.1) is 19.3 Å². The van der Waals surface area contributed by atoms with Crippen LogP contribution in [0.2, 0.25) is 0 Å². The van der Waals surface area contributed by atoms with Gasteiger partial charge in [0.1, 0.15) is 0 Å². The van der Waals surface area contributed by atoms with E-state index < -0.39 is 6.10 Å². The highest BCUT2D eigenvalue weighted by Crippen LogP contribution is 2.10. The molecule has 0 saturated carbocycles. The van der Waals surface area contributed by atoms with Gasteiger partial charge in [0.2, 0.25) is 0 Å². The van der Waals surface area contributed by atoms with E-state index in [2.05, 4.69) is 6.92 Å². The number of hydrogen-bond acceptors (Lipinski definition) is 5. The van der Waals surface area contributed by atoms with E-state index in [1.54, 1.807) is 0 Å². The molecule has 3 N–H and O–H groups in total.